The summed E-state index contributed by atoms with van der Waals surface area (Å²) < 4.78 is 27.5. The number of alkyl halides is 2. The van der Waals surface area contributed by atoms with Gasteiger partial charge in [0, 0.05) is 18.1 Å². The molecule has 2 N–H and O–H groups in total. The molecule has 1 saturated heterocycles. The summed E-state index contributed by atoms with van der Waals surface area (Å²) in [7, 11) is 0. The molecule has 1 aliphatic rings. The number of rotatable bonds is 4. The van der Waals surface area contributed by atoms with E-state index in [2.05, 4.69) is 0 Å². The number of hydrogen-bond acceptors (Lipinski definition) is 3. The molecular formula is C16H20ClF2NO3. The molecule has 0 aromatic heterocycles. The van der Waals surface area contributed by atoms with Gasteiger partial charge in [-0.05, 0) is 49.9 Å². The third-order valence-corrected chi connectivity index (χ3v) is 4.81. The second-order valence-corrected chi connectivity index (χ2v) is 6.53. The van der Waals surface area contributed by atoms with Crippen molar-refractivity contribution in [3.8, 4) is 0 Å². The van der Waals surface area contributed by atoms with Crippen LogP contribution in [0.2, 0.25) is 5.02 Å². The number of carboxylic acid groups (broad SMARTS) is 1. The maximum absolute atomic E-state index is 13.8. The van der Waals surface area contributed by atoms with Crippen LogP contribution in [0.15, 0.2) is 18.2 Å². The van der Waals surface area contributed by atoms with Crippen LogP contribution in [0.5, 0.6) is 0 Å². The highest BCUT2D eigenvalue weighted by Gasteiger charge is 2.58. The lowest BCUT2D eigenvalue weighted by Crippen LogP contribution is -2.53. The smallest absolute Gasteiger partial charge is 0.377 e. The number of aliphatic carboxylic acids is 1. The minimum Gasteiger partial charge on any atom is -0.477 e. The quantitative estimate of drug-likeness (QED) is 0.878. The predicted molar refractivity (Wildman–Crippen MR) is 82.8 cm³/mol. The molecule has 0 radical (unpaired) electrons. The van der Waals surface area contributed by atoms with Crippen molar-refractivity contribution in [1.82, 2.24) is 4.90 Å². The van der Waals surface area contributed by atoms with Gasteiger partial charge >= 0.3 is 11.9 Å². The first-order valence-electron chi connectivity index (χ1n) is 7.47. The van der Waals surface area contributed by atoms with Gasteiger partial charge in [-0.25, -0.2) is 4.79 Å². The van der Waals surface area contributed by atoms with Crippen LogP contribution in [0.25, 0.3) is 0 Å². The monoisotopic (exact) mass is 347 g/mol. The van der Waals surface area contributed by atoms with E-state index in [1.807, 2.05) is 30.0 Å². The lowest BCUT2D eigenvalue weighted by atomic mass is 9.88. The molecule has 1 aliphatic heterocycles. The van der Waals surface area contributed by atoms with Gasteiger partial charge < -0.3 is 10.2 Å². The normalized spacial score (nSPS) is 23.5. The van der Waals surface area contributed by atoms with Gasteiger partial charge in [-0.2, -0.15) is 8.78 Å². The molecule has 128 valence electrons. The fourth-order valence-corrected chi connectivity index (χ4v) is 3.04. The number of carboxylic acids is 1. The van der Waals surface area contributed by atoms with Crippen LogP contribution in [0, 0.1) is 6.92 Å². The molecule has 23 heavy (non-hydrogen) atoms. The first kappa shape index (κ1) is 18.1. The molecule has 0 amide bonds. The molecule has 7 heteroatoms. The number of aryl methyl sites for hydroxylation is 1. The summed E-state index contributed by atoms with van der Waals surface area (Å²) in [4.78, 5) is 12.7. The van der Waals surface area contributed by atoms with Gasteiger partial charge in [0.15, 0.2) is 0 Å². The van der Waals surface area contributed by atoms with Gasteiger partial charge in [-0.3, -0.25) is 4.90 Å². The molecule has 0 spiro atoms. The lowest BCUT2D eigenvalue weighted by Gasteiger charge is -2.32. The average molecular weight is 348 g/mol. The van der Waals surface area contributed by atoms with E-state index in [0.29, 0.717) is 24.5 Å². The number of aliphatic hydroxyl groups is 1. The Hall–Kier alpha value is -1.24. The molecule has 0 bridgehead atoms. The van der Waals surface area contributed by atoms with Crippen LogP contribution in [0.3, 0.4) is 0 Å². The van der Waals surface area contributed by atoms with E-state index in [9.17, 15) is 18.7 Å². The highest BCUT2D eigenvalue weighted by molar-refractivity contribution is 6.31. The molecule has 1 heterocycles. The number of likely N-dealkylation sites (tertiary alicyclic amines) is 1. The minimum absolute atomic E-state index is 0.199. The summed E-state index contributed by atoms with van der Waals surface area (Å²) in [6.07, 6.45) is -0.220. The third kappa shape index (κ3) is 3.82. The van der Waals surface area contributed by atoms with Gasteiger partial charge in [-0.1, -0.05) is 23.7 Å². The van der Waals surface area contributed by atoms with Crippen molar-refractivity contribution < 1.29 is 23.8 Å². The topological polar surface area (TPSA) is 60.8 Å². The highest BCUT2D eigenvalue weighted by Crippen LogP contribution is 2.37. The van der Waals surface area contributed by atoms with Crippen LogP contribution >= 0.6 is 11.6 Å². The van der Waals surface area contributed by atoms with Gasteiger partial charge in [0.25, 0.3) is 0 Å². The van der Waals surface area contributed by atoms with Crippen LogP contribution in [0.4, 0.5) is 8.78 Å². The Morgan fingerprint density at radius 3 is 2.70 bits per heavy atom. The van der Waals surface area contributed by atoms with Crippen molar-refractivity contribution in [1.29, 1.82) is 0 Å². The number of carbonyl (C=O) groups is 1. The maximum Gasteiger partial charge on any atom is 0.377 e. The second-order valence-electron chi connectivity index (χ2n) is 6.12. The Morgan fingerprint density at radius 1 is 1.39 bits per heavy atom. The van der Waals surface area contributed by atoms with Crippen LogP contribution in [-0.4, -0.2) is 45.7 Å². The molecule has 1 aromatic rings. The number of halogens is 3. The van der Waals surface area contributed by atoms with E-state index >= 15 is 0 Å². The molecule has 0 aliphatic carbocycles. The molecule has 1 unspecified atom stereocenters. The Morgan fingerprint density at radius 2 is 2.09 bits per heavy atom. The molecule has 2 rings (SSSR count). The molecule has 0 saturated carbocycles. The van der Waals surface area contributed by atoms with Crippen LogP contribution in [0.1, 0.15) is 30.4 Å². The summed E-state index contributed by atoms with van der Waals surface area (Å²) in [5.41, 5.74) is -0.587. The van der Waals surface area contributed by atoms with E-state index in [4.69, 9.17) is 16.7 Å². The molecule has 1 atom stereocenters. The Balaban J connectivity index is 2.06. The van der Waals surface area contributed by atoms with Crippen LogP contribution < -0.4 is 0 Å². The molecular weight excluding hydrogens is 328 g/mol. The maximum atomic E-state index is 13.8. The van der Waals surface area contributed by atoms with Crippen LogP contribution in [-0.2, 0) is 11.3 Å². The van der Waals surface area contributed by atoms with Crippen molar-refractivity contribution in [2.75, 3.05) is 13.1 Å². The SMILES string of the molecule is Cc1ccc(CN2CCCC(O)(C(F)(F)C(=O)O)CC2)cc1Cl. The fourth-order valence-electron chi connectivity index (χ4n) is 2.84. The fraction of sp³-hybridized carbons (Fsp3) is 0.562. The summed E-state index contributed by atoms with van der Waals surface area (Å²) in [5, 5.41) is 19.4. The first-order chi connectivity index (χ1) is 10.7. The highest BCUT2D eigenvalue weighted by atomic mass is 35.5. The van der Waals surface area contributed by atoms with E-state index in [1.54, 1.807) is 0 Å². The van der Waals surface area contributed by atoms with Crippen molar-refractivity contribution >= 4 is 17.6 Å². The van der Waals surface area contributed by atoms with Crippen molar-refractivity contribution in [2.45, 2.75) is 44.3 Å². The predicted octanol–water partition coefficient (Wildman–Crippen LogP) is 3.09. The minimum atomic E-state index is -4.14. The zero-order valence-electron chi connectivity index (χ0n) is 12.9. The standard InChI is InChI=1S/C16H20ClF2NO3/c1-11-3-4-12(9-13(11)17)10-20-7-2-5-15(23,6-8-20)16(18,19)14(21)22/h3-4,9,23H,2,5-8,10H2,1H3,(H,21,22). The second kappa shape index (κ2) is 6.71. The summed E-state index contributed by atoms with van der Waals surface area (Å²) >= 11 is 6.08. The number of nitrogens with zero attached hydrogens (tertiary/aromatic N) is 1. The van der Waals surface area contributed by atoms with E-state index in [-0.39, 0.29) is 19.4 Å². The zero-order valence-corrected chi connectivity index (χ0v) is 13.6. The van der Waals surface area contributed by atoms with Crippen molar-refractivity contribution in [3.05, 3.63) is 34.3 Å². The zero-order chi connectivity index (χ0) is 17.3. The number of benzene rings is 1. The Kier molecular flexibility index (Phi) is 5.28. The first-order valence-corrected chi connectivity index (χ1v) is 7.84. The summed E-state index contributed by atoms with van der Waals surface area (Å²) in [6.45, 7) is 3.13. The molecule has 1 aromatic carbocycles. The summed E-state index contributed by atoms with van der Waals surface area (Å²) in [6, 6.07) is 5.65. The van der Waals surface area contributed by atoms with Gasteiger partial charge in [0.05, 0.1) is 0 Å². The van der Waals surface area contributed by atoms with E-state index in [1.165, 1.54) is 0 Å². The lowest BCUT2D eigenvalue weighted by molar-refractivity contribution is -0.211. The van der Waals surface area contributed by atoms with Crippen molar-refractivity contribution in [3.63, 3.8) is 0 Å². The summed E-state index contributed by atoms with van der Waals surface area (Å²) in [5.74, 6) is -6.42. The van der Waals surface area contributed by atoms with Gasteiger partial charge in [0.2, 0.25) is 0 Å². The average Bonchev–Trinajstić information content (AvgIpc) is 2.66. The Bertz CT molecular complexity index is 597. The van der Waals surface area contributed by atoms with Gasteiger partial charge in [-0.15, -0.1) is 0 Å². The largest absolute Gasteiger partial charge is 0.477 e. The third-order valence-electron chi connectivity index (χ3n) is 4.40. The van der Waals surface area contributed by atoms with Gasteiger partial charge in [0.1, 0.15) is 5.60 Å². The van der Waals surface area contributed by atoms with Crippen molar-refractivity contribution in [2.24, 2.45) is 0 Å². The Labute approximate surface area is 138 Å². The van der Waals surface area contributed by atoms with E-state index in [0.717, 1.165) is 11.1 Å². The van der Waals surface area contributed by atoms with E-state index < -0.39 is 17.5 Å². The molecule has 4 nitrogen and oxygen atoms in total. The molecule has 1 fully saturated rings. The number of hydrogen-bond donors (Lipinski definition) is 2.